The van der Waals surface area contributed by atoms with E-state index in [0.29, 0.717) is 19.5 Å². The van der Waals surface area contributed by atoms with Crippen molar-refractivity contribution < 1.29 is 18.0 Å². The van der Waals surface area contributed by atoms with Crippen LogP contribution in [-0.2, 0) is 13.0 Å². The molecule has 0 saturated heterocycles. The molecule has 0 aliphatic carbocycles. The summed E-state index contributed by atoms with van der Waals surface area (Å²) in [4.78, 5) is 15.0. The van der Waals surface area contributed by atoms with E-state index in [1.165, 1.54) is 11.8 Å². The first-order chi connectivity index (χ1) is 15.3. The lowest BCUT2D eigenvalue weighted by Gasteiger charge is -2.34. The summed E-state index contributed by atoms with van der Waals surface area (Å²) in [6, 6.07) is 12.7. The second-order valence-corrected chi connectivity index (χ2v) is 9.05. The number of hydrogen-bond donors (Lipinski definition) is 1. The van der Waals surface area contributed by atoms with E-state index in [9.17, 15) is 18.0 Å². The number of halogens is 4. The van der Waals surface area contributed by atoms with Crippen molar-refractivity contribution in [1.29, 1.82) is 0 Å². The van der Waals surface area contributed by atoms with Crippen molar-refractivity contribution in [2.75, 3.05) is 11.9 Å². The van der Waals surface area contributed by atoms with Crippen molar-refractivity contribution in [3.8, 4) is 0 Å². The Morgan fingerprint density at radius 2 is 1.81 bits per heavy atom. The predicted octanol–water partition coefficient (Wildman–Crippen LogP) is 5.50. The van der Waals surface area contributed by atoms with Crippen LogP contribution in [0.25, 0.3) is 0 Å². The Morgan fingerprint density at radius 1 is 1.09 bits per heavy atom. The molecule has 166 valence electrons. The van der Waals surface area contributed by atoms with Crippen LogP contribution >= 0.6 is 15.9 Å². The Bertz CT molecular complexity index is 1160. The monoisotopic (exact) mass is 504 g/mol. The molecule has 2 aliphatic rings. The van der Waals surface area contributed by atoms with Gasteiger partial charge in [-0.25, -0.2) is 4.68 Å². The van der Waals surface area contributed by atoms with Gasteiger partial charge in [0.05, 0.1) is 12.2 Å². The van der Waals surface area contributed by atoms with E-state index in [2.05, 4.69) is 26.3 Å². The van der Waals surface area contributed by atoms with Gasteiger partial charge >= 0.3 is 6.18 Å². The molecule has 5 nitrogen and oxygen atoms in total. The summed E-state index contributed by atoms with van der Waals surface area (Å²) in [7, 11) is 0. The van der Waals surface area contributed by atoms with E-state index in [1.54, 1.807) is 29.2 Å². The smallest absolute Gasteiger partial charge is 0.363 e. The van der Waals surface area contributed by atoms with Crippen LogP contribution in [0, 0.1) is 0 Å². The fourth-order valence-electron chi connectivity index (χ4n) is 4.47. The summed E-state index contributed by atoms with van der Waals surface area (Å²) in [5.74, 6) is -0.194. The number of alkyl halides is 3. The Labute approximate surface area is 191 Å². The fraction of sp³-hybridized carbons (Fsp3) is 0.304. The van der Waals surface area contributed by atoms with Crippen molar-refractivity contribution in [3.63, 3.8) is 0 Å². The van der Waals surface area contributed by atoms with Gasteiger partial charge < -0.3 is 10.2 Å². The number of carbonyl (C=O) groups excluding carboxylic acids is 1. The lowest BCUT2D eigenvalue weighted by atomic mass is 9.96. The fourth-order valence-corrected chi connectivity index (χ4v) is 4.74. The number of anilines is 1. The van der Waals surface area contributed by atoms with Gasteiger partial charge in [-0.15, -0.1) is 0 Å². The Balaban J connectivity index is 1.48. The first-order valence-corrected chi connectivity index (χ1v) is 11.1. The molecular weight excluding hydrogens is 485 g/mol. The second-order valence-electron chi connectivity index (χ2n) is 8.14. The molecule has 1 N–H and O–H groups in total. The average molecular weight is 505 g/mol. The van der Waals surface area contributed by atoms with Crippen LogP contribution in [-0.4, -0.2) is 33.3 Å². The van der Waals surface area contributed by atoms with E-state index in [1.807, 2.05) is 24.3 Å². The molecule has 2 aliphatic heterocycles. The Hall–Kier alpha value is -2.81. The molecule has 0 saturated carbocycles. The van der Waals surface area contributed by atoms with Gasteiger partial charge in [-0.2, -0.15) is 18.3 Å². The zero-order chi connectivity index (χ0) is 22.5. The number of benzene rings is 2. The largest absolute Gasteiger partial charge is 0.410 e. The highest BCUT2D eigenvalue weighted by atomic mass is 79.9. The normalized spacial score (nSPS) is 20.3. The Kier molecular flexibility index (Phi) is 5.23. The average Bonchev–Trinajstić information content (AvgIpc) is 3.21. The molecule has 32 heavy (non-hydrogen) atoms. The highest BCUT2D eigenvalue weighted by Gasteiger charge is 2.47. The first-order valence-electron chi connectivity index (χ1n) is 10.3. The summed E-state index contributed by atoms with van der Waals surface area (Å²) >= 11 is 3.35. The maximum atomic E-state index is 13.9. The third-order valence-electron chi connectivity index (χ3n) is 6.16. The van der Waals surface area contributed by atoms with E-state index < -0.39 is 18.3 Å². The van der Waals surface area contributed by atoms with Crippen molar-refractivity contribution in [2.24, 2.45) is 0 Å². The van der Waals surface area contributed by atoms with Gasteiger partial charge in [0.15, 0.2) is 6.04 Å². The van der Waals surface area contributed by atoms with Crippen molar-refractivity contribution in [2.45, 2.75) is 37.6 Å². The van der Waals surface area contributed by atoms with Gasteiger partial charge in [-0.1, -0.05) is 52.3 Å². The third-order valence-corrected chi connectivity index (χ3v) is 6.69. The van der Waals surface area contributed by atoms with Crippen LogP contribution in [0.5, 0.6) is 0 Å². The highest BCUT2D eigenvalue weighted by Crippen LogP contribution is 2.44. The summed E-state index contributed by atoms with van der Waals surface area (Å²) in [6.07, 6.45) is -2.72. The molecule has 0 radical (unpaired) electrons. The second kappa shape index (κ2) is 7.95. The van der Waals surface area contributed by atoms with Gasteiger partial charge in [-0.05, 0) is 35.2 Å². The van der Waals surface area contributed by atoms with E-state index >= 15 is 0 Å². The minimum atomic E-state index is -4.49. The number of fused-ring (bicyclic) bond motifs is 2. The molecule has 2 atom stereocenters. The lowest BCUT2D eigenvalue weighted by Crippen LogP contribution is -2.38. The number of carbonyl (C=O) groups is 1. The molecule has 0 fully saturated rings. The maximum absolute atomic E-state index is 13.9. The number of aromatic nitrogens is 2. The van der Waals surface area contributed by atoms with E-state index in [0.717, 1.165) is 20.3 Å². The third kappa shape index (κ3) is 3.79. The molecule has 9 heteroatoms. The minimum absolute atomic E-state index is 0.121. The van der Waals surface area contributed by atoms with Crippen molar-refractivity contribution in [1.82, 2.24) is 14.7 Å². The molecular formula is C23H20BrF3N4O. The van der Waals surface area contributed by atoms with Crippen LogP contribution in [0.1, 0.15) is 45.6 Å². The predicted molar refractivity (Wildman–Crippen MR) is 117 cm³/mol. The quantitative estimate of drug-likeness (QED) is 0.500. The number of rotatable bonds is 2. The van der Waals surface area contributed by atoms with Gasteiger partial charge in [0.2, 0.25) is 0 Å². The lowest BCUT2D eigenvalue weighted by molar-refractivity contribution is -0.173. The Morgan fingerprint density at radius 3 is 2.53 bits per heavy atom. The van der Waals surface area contributed by atoms with Crippen LogP contribution in [0.15, 0.2) is 59.2 Å². The molecule has 2 aromatic carbocycles. The topological polar surface area (TPSA) is 50.2 Å². The van der Waals surface area contributed by atoms with Crippen LogP contribution in [0.4, 0.5) is 19.0 Å². The minimum Gasteiger partial charge on any atom is -0.363 e. The van der Waals surface area contributed by atoms with Crippen molar-refractivity contribution >= 4 is 27.7 Å². The molecule has 0 unspecified atom stereocenters. The standard InChI is InChI=1S/C23H20BrF3N4O/c24-17-7-5-15(6-8-17)19-11-20(23(25,26)27)31-21(29-19)18(12-28-31)22(32)30-10-9-14-3-1-2-4-16(14)13-30/h1-8,12,19-20,29H,9-11,13H2/t19-,20-/m1/s1. The van der Waals surface area contributed by atoms with E-state index in [-0.39, 0.29) is 23.7 Å². The highest BCUT2D eigenvalue weighted by molar-refractivity contribution is 9.10. The summed E-state index contributed by atoms with van der Waals surface area (Å²) in [6.45, 7) is 0.942. The van der Waals surface area contributed by atoms with Crippen LogP contribution in [0.3, 0.4) is 0 Å². The van der Waals surface area contributed by atoms with Crippen LogP contribution < -0.4 is 5.32 Å². The molecule has 0 bridgehead atoms. The maximum Gasteiger partial charge on any atom is 0.410 e. The molecule has 1 aromatic heterocycles. The first kappa shape index (κ1) is 21.1. The zero-order valence-corrected chi connectivity index (χ0v) is 18.5. The zero-order valence-electron chi connectivity index (χ0n) is 16.9. The van der Waals surface area contributed by atoms with Crippen molar-refractivity contribution in [3.05, 3.63) is 81.5 Å². The molecule has 3 heterocycles. The van der Waals surface area contributed by atoms with Gasteiger partial charge in [0.25, 0.3) is 5.91 Å². The number of amides is 1. The van der Waals surface area contributed by atoms with Gasteiger partial charge in [0.1, 0.15) is 11.4 Å². The molecule has 5 rings (SSSR count). The summed E-state index contributed by atoms with van der Waals surface area (Å²) < 4.78 is 43.5. The van der Waals surface area contributed by atoms with E-state index in [4.69, 9.17) is 0 Å². The molecule has 0 spiro atoms. The molecule has 1 amide bonds. The number of nitrogens with zero attached hydrogens (tertiary/aromatic N) is 3. The summed E-state index contributed by atoms with van der Waals surface area (Å²) in [5, 5.41) is 7.15. The number of nitrogens with one attached hydrogen (secondary N) is 1. The number of hydrogen-bond acceptors (Lipinski definition) is 3. The molecule has 3 aromatic rings. The van der Waals surface area contributed by atoms with Crippen LogP contribution in [0.2, 0.25) is 0 Å². The summed E-state index contributed by atoms with van der Waals surface area (Å²) in [5.41, 5.74) is 3.14. The van der Waals surface area contributed by atoms with Gasteiger partial charge in [-0.3, -0.25) is 4.79 Å². The van der Waals surface area contributed by atoms with Gasteiger partial charge in [0, 0.05) is 24.0 Å². The SMILES string of the molecule is O=C(c1cnn2c1N[C@@H](c1ccc(Br)cc1)C[C@@H]2C(F)(F)F)N1CCc2ccccc2C1.